The lowest BCUT2D eigenvalue weighted by molar-refractivity contribution is 0.162. The Kier molecular flexibility index (Phi) is 9.76. The van der Waals surface area contributed by atoms with Crippen molar-refractivity contribution in [3.05, 3.63) is 69.4 Å². The molecule has 0 unspecified atom stereocenters. The molecule has 0 bridgehead atoms. The Labute approximate surface area is 161 Å². The van der Waals surface area contributed by atoms with E-state index in [0.717, 1.165) is 18.8 Å². The summed E-state index contributed by atoms with van der Waals surface area (Å²) in [5, 5.41) is 0. The molecule has 2 nitrogen and oxygen atoms in total. The Hall–Kier alpha value is -1.50. The lowest BCUT2D eigenvalue weighted by atomic mass is 9.88. The molecule has 0 saturated heterocycles. The topological polar surface area (TPSA) is 26.3 Å². The fourth-order valence-electron chi connectivity index (χ4n) is 2.96. The summed E-state index contributed by atoms with van der Waals surface area (Å²) in [4.78, 5) is 0. The molecule has 0 aromatic carbocycles. The normalized spacial score (nSPS) is 17.2. The van der Waals surface area contributed by atoms with E-state index in [9.17, 15) is 4.57 Å². The van der Waals surface area contributed by atoms with Gasteiger partial charge in [0.05, 0.1) is 6.16 Å². The highest BCUT2D eigenvalue weighted by Crippen LogP contribution is 2.38. The van der Waals surface area contributed by atoms with Gasteiger partial charge in [-0.15, -0.1) is 0 Å². The van der Waals surface area contributed by atoms with E-state index in [1.54, 1.807) is 0 Å². The van der Waals surface area contributed by atoms with Crippen molar-refractivity contribution in [2.45, 2.75) is 48.5 Å². The van der Waals surface area contributed by atoms with Crippen molar-refractivity contribution in [2.75, 3.05) is 19.4 Å². The zero-order valence-corrected chi connectivity index (χ0v) is 18.2. The highest BCUT2D eigenvalue weighted by Gasteiger charge is 2.20. The van der Waals surface area contributed by atoms with Crippen LogP contribution in [0, 0.1) is 5.92 Å². The molecule has 0 fully saturated rings. The summed E-state index contributed by atoms with van der Waals surface area (Å²) < 4.78 is 16.0. The highest BCUT2D eigenvalue weighted by atomic mass is 31.1. The maximum atomic E-state index is 11.2. The average molecular weight is 372 g/mol. The van der Waals surface area contributed by atoms with Crippen molar-refractivity contribution in [2.24, 2.45) is 5.92 Å². The first-order valence-corrected chi connectivity index (χ1v) is 10.4. The number of fused-ring (bicyclic) bond motifs is 1. The van der Waals surface area contributed by atoms with Crippen molar-refractivity contribution in [1.82, 2.24) is 0 Å². The molecule has 0 amide bonds. The molecule has 0 atom stereocenters. The largest absolute Gasteiger partial charge is 0.382 e. The number of hydrogen-bond acceptors (Lipinski definition) is 2. The minimum absolute atomic E-state index is 0.172. The third kappa shape index (κ3) is 6.04. The van der Waals surface area contributed by atoms with Crippen LogP contribution in [0.5, 0.6) is 0 Å². The van der Waals surface area contributed by atoms with E-state index < -0.39 is 0 Å². The standard InChI is InChI=1S/C19H23OP.C4H10O/c1-12(2)16-8-7-14(4)19-15(5)13(3)6-9-17(11-21-20)18(19)10-16;1-3-5-4-2/h6-10,12H,11H2,1-5H3;3-4H2,1-2H3. The Morgan fingerprint density at radius 1 is 0.962 bits per heavy atom. The van der Waals surface area contributed by atoms with Crippen molar-refractivity contribution in [1.29, 1.82) is 0 Å². The molecule has 0 N–H and O–H groups in total. The van der Waals surface area contributed by atoms with Crippen molar-refractivity contribution in [3.63, 3.8) is 0 Å². The van der Waals surface area contributed by atoms with E-state index in [1.807, 2.05) is 13.8 Å². The summed E-state index contributed by atoms with van der Waals surface area (Å²) in [6, 6.07) is 0. The fraction of sp³-hybridized carbons (Fsp3) is 0.478. The van der Waals surface area contributed by atoms with Gasteiger partial charge in [0.25, 0.3) is 0 Å². The van der Waals surface area contributed by atoms with Gasteiger partial charge in [0.1, 0.15) is 0 Å². The molecule has 0 radical (unpaired) electrons. The van der Waals surface area contributed by atoms with Crippen LogP contribution >= 0.6 is 8.46 Å². The maximum Gasteiger partial charge on any atom is 0.160 e. The maximum absolute atomic E-state index is 11.2. The zero-order chi connectivity index (χ0) is 19.7. The van der Waals surface area contributed by atoms with E-state index in [-0.39, 0.29) is 8.46 Å². The first-order valence-electron chi connectivity index (χ1n) is 9.44. The second-order valence-corrected chi connectivity index (χ2v) is 7.41. The molecule has 0 aromatic heterocycles. The molecule has 0 heterocycles. The van der Waals surface area contributed by atoms with Gasteiger partial charge in [-0.05, 0) is 79.5 Å². The average Bonchev–Trinajstić information content (AvgIpc) is 2.84. The summed E-state index contributed by atoms with van der Waals surface area (Å²) >= 11 is 0. The minimum Gasteiger partial charge on any atom is -0.382 e. The van der Waals surface area contributed by atoms with Crippen LogP contribution in [0.3, 0.4) is 0 Å². The van der Waals surface area contributed by atoms with E-state index in [0.29, 0.717) is 12.1 Å². The molecule has 26 heavy (non-hydrogen) atoms. The summed E-state index contributed by atoms with van der Waals surface area (Å²) in [5.74, 6) is 0.476. The quantitative estimate of drug-likeness (QED) is 0.486. The van der Waals surface area contributed by atoms with Crippen molar-refractivity contribution >= 4 is 8.46 Å². The van der Waals surface area contributed by atoms with Gasteiger partial charge in [-0.1, -0.05) is 44.2 Å². The van der Waals surface area contributed by atoms with Gasteiger partial charge in [0.15, 0.2) is 8.46 Å². The van der Waals surface area contributed by atoms with E-state index >= 15 is 0 Å². The van der Waals surface area contributed by atoms with Gasteiger partial charge in [-0.2, -0.15) is 0 Å². The molecule has 0 aliphatic heterocycles. The van der Waals surface area contributed by atoms with Gasteiger partial charge in [-0.3, -0.25) is 4.57 Å². The van der Waals surface area contributed by atoms with Crippen LogP contribution in [0.25, 0.3) is 0 Å². The van der Waals surface area contributed by atoms with Crippen LogP contribution in [-0.2, 0) is 9.30 Å². The lowest BCUT2D eigenvalue weighted by Crippen LogP contribution is -2.01. The molecule has 2 rings (SSSR count). The number of rotatable bonds is 5. The SMILES string of the molecule is CC1=CC=C(CP=O)C2=CC(C(C)C)=CC=C(C)C2=C1C.CCOCC. The van der Waals surface area contributed by atoms with Gasteiger partial charge in [0, 0.05) is 13.2 Å². The molecule has 3 heteroatoms. The van der Waals surface area contributed by atoms with Crippen molar-refractivity contribution < 1.29 is 9.30 Å². The second-order valence-electron chi connectivity index (χ2n) is 6.84. The zero-order valence-electron chi connectivity index (χ0n) is 17.3. The first-order chi connectivity index (χ1) is 12.4. The van der Waals surface area contributed by atoms with Crippen LogP contribution in [0.4, 0.5) is 0 Å². The second kappa shape index (κ2) is 11.3. The predicted octanol–water partition coefficient (Wildman–Crippen LogP) is 6.99. The van der Waals surface area contributed by atoms with Gasteiger partial charge >= 0.3 is 0 Å². The smallest absolute Gasteiger partial charge is 0.160 e. The summed E-state index contributed by atoms with van der Waals surface area (Å²) in [6.45, 7) is 16.6. The van der Waals surface area contributed by atoms with Gasteiger partial charge < -0.3 is 4.74 Å². The molecular weight excluding hydrogens is 339 g/mol. The predicted molar refractivity (Wildman–Crippen MR) is 114 cm³/mol. The van der Waals surface area contributed by atoms with Crippen molar-refractivity contribution in [3.8, 4) is 0 Å². The molecule has 2 aliphatic rings. The van der Waals surface area contributed by atoms with E-state index in [2.05, 4.69) is 65.0 Å². The monoisotopic (exact) mass is 372 g/mol. The lowest BCUT2D eigenvalue weighted by Gasteiger charge is -2.17. The Morgan fingerprint density at radius 3 is 2.08 bits per heavy atom. The Balaban J connectivity index is 0.000000597. The Morgan fingerprint density at radius 2 is 1.58 bits per heavy atom. The van der Waals surface area contributed by atoms with E-state index in [4.69, 9.17) is 4.74 Å². The third-order valence-corrected chi connectivity index (χ3v) is 5.13. The molecule has 0 saturated carbocycles. The number of allylic oxidation sites excluding steroid dienone is 12. The van der Waals surface area contributed by atoms with Crippen LogP contribution in [-0.4, -0.2) is 19.4 Å². The fourth-order valence-corrected chi connectivity index (χ4v) is 3.38. The van der Waals surface area contributed by atoms with Gasteiger partial charge in [-0.25, -0.2) is 0 Å². The van der Waals surface area contributed by atoms with E-state index in [1.165, 1.54) is 33.4 Å². The van der Waals surface area contributed by atoms with Crippen LogP contribution < -0.4 is 0 Å². The third-order valence-electron chi connectivity index (χ3n) is 4.66. The molecule has 0 aromatic rings. The minimum atomic E-state index is 0.172. The summed E-state index contributed by atoms with van der Waals surface area (Å²) in [7, 11) is 0.172. The molecular formula is C23H33O2P. The molecule has 2 aliphatic carbocycles. The summed E-state index contributed by atoms with van der Waals surface area (Å²) in [5.41, 5.74) is 8.85. The molecule has 142 valence electrons. The van der Waals surface area contributed by atoms with Crippen LogP contribution in [0.15, 0.2) is 69.4 Å². The first kappa shape index (κ1) is 22.5. The summed E-state index contributed by atoms with van der Waals surface area (Å²) in [6.07, 6.45) is 11.5. The Bertz CT molecular complexity index is 696. The highest BCUT2D eigenvalue weighted by molar-refractivity contribution is 7.24. The number of hydrogen-bond donors (Lipinski definition) is 0. The molecule has 0 spiro atoms. The van der Waals surface area contributed by atoms with Crippen LogP contribution in [0.2, 0.25) is 0 Å². The van der Waals surface area contributed by atoms with Gasteiger partial charge in [0.2, 0.25) is 0 Å². The number of ether oxygens (including phenoxy) is 1. The van der Waals surface area contributed by atoms with Crippen LogP contribution in [0.1, 0.15) is 48.5 Å².